The summed E-state index contributed by atoms with van der Waals surface area (Å²) in [6.07, 6.45) is 0. The van der Waals surface area contributed by atoms with Crippen molar-refractivity contribution in [1.82, 2.24) is 5.90 Å². The standard InChI is InChI=1S/C8H10NO/c1-7-4-2-3-5-8(7)6-10-9/h2-5,9H,6H2,1H3. The highest BCUT2D eigenvalue weighted by Gasteiger charge is 1.93. The van der Waals surface area contributed by atoms with E-state index in [2.05, 4.69) is 4.84 Å². The summed E-state index contributed by atoms with van der Waals surface area (Å²) in [4.78, 5) is 4.26. The molecule has 0 atom stereocenters. The molecule has 1 radical (unpaired) electrons. The first-order chi connectivity index (χ1) is 4.84. The highest BCUT2D eigenvalue weighted by atomic mass is 16.6. The van der Waals surface area contributed by atoms with Crippen LogP contribution in [0.1, 0.15) is 11.1 Å². The Bertz CT molecular complexity index is 210. The fraction of sp³-hybridized carbons (Fsp3) is 0.250. The van der Waals surface area contributed by atoms with E-state index >= 15 is 0 Å². The summed E-state index contributed by atoms with van der Waals surface area (Å²) in [5.74, 6) is 6.54. The molecule has 0 fully saturated rings. The van der Waals surface area contributed by atoms with Gasteiger partial charge < -0.3 is 0 Å². The second-order valence-corrected chi connectivity index (χ2v) is 2.22. The highest BCUT2D eigenvalue weighted by Crippen LogP contribution is 2.06. The van der Waals surface area contributed by atoms with E-state index in [-0.39, 0.29) is 0 Å². The summed E-state index contributed by atoms with van der Waals surface area (Å²) in [6, 6.07) is 7.89. The van der Waals surface area contributed by atoms with Crippen molar-refractivity contribution in [3.8, 4) is 0 Å². The third-order valence-corrected chi connectivity index (χ3v) is 1.49. The molecule has 1 N–H and O–H groups in total. The van der Waals surface area contributed by atoms with E-state index in [1.54, 1.807) is 0 Å². The van der Waals surface area contributed by atoms with Gasteiger partial charge in [-0.05, 0) is 18.1 Å². The number of benzene rings is 1. The van der Waals surface area contributed by atoms with Crippen LogP contribution >= 0.6 is 0 Å². The number of aryl methyl sites for hydroxylation is 1. The second kappa shape index (κ2) is 3.34. The van der Waals surface area contributed by atoms with Crippen molar-refractivity contribution < 1.29 is 4.84 Å². The van der Waals surface area contributed by atoms with Gasteiger partial charge in [-0.15, -0.1) is 5.90 Å². The lowest BCUT2D eigenvalue weighted by atomic mass is 10.1. The van der Waals surface area contributed by atoms with Crippen molar-refractivity contribution in [2.24, 2.45) is 0 Å². The first-order valence-electron chi connectivity index (χ1n) is 3.17. The fourth-order valence-electron chi connectivity index (χ4n) is 0.850. The summed E-state index contributed by atoms with van der Waals surface area (Å²) < 4.78 is 0. The predicted molar refractivity (Wildman–Crippen MR) is 39.1 cm³/mol. The molecule has 1 rings (SSSR count). The zero-order chi connectivity index (χ0) is 7.40. The van der Waals surface area contributed by atoms with Crippen LogP contribution in [0.15, 0.2) is 24.3 Å². The van der Waals surface area contributed by atoms with E-state index < -0.39 is 0 Å². The summed E-state index contributed by atoms with van der Waals surface area (Å²) in [6.45, 7) is 2.39. The zero-order valence-electron chi connectivity index (χ0n) is 5.92. The zero-order valence-corrected chi connectivity index (χ0v) is 5.92. The van der Waals surface area contributed by atoms with Crippen LogP contribution in [0, 0.1) is 6.92 Å². The van der Waals surface area contributed by atoms with E-state index in [4.69, 9.17) is 5.90 Å². The minimum absolute atomic E-state index is 0.382. The number of nitrogens with one attached hydrogen (secondary N) is 1. The molecule has 2 heteroatoms. The molecule has 1 aromatic rings. The lowest BCUT2D eigenvalue weighted by Gasteiger charge is -2.00. The van der Waals surface area contributed by atoms with Gasteiger partial charge in [0.25, 0.3) is 0 Å². The first-order valence-corrected chi connectivity index (χ1v) is 3.17. The SMILES string of the molecule is Cc1ccccc1CO[NH]. The minimum Gasteiger partial charge on any atom is -0.280 e. The Kier molecular flexibility index (Phi) is 2.42. The average Bonchev–Trinajstić information content (AvgIpc) is 1.94. The lowest BCUT2D eigenvalue weighted by molar-refractivity contribution is 0.104. The van der Waals surface area contributed by atoms with E-state index in [0.29, 0.717) is 6.61 Å². The number of hydrogen-bond acceptors (Lipinski definition) is 1. The molecular formula is C8H10NO. The minimum atomic E-state index is 0.382. The largest absolute Gasteiger partial charge is 0.280 e. The normalized spacial score (nSPS) is 9.80. The van der Waals surface area contributed by atoms with Crippen LogP contribution in [-0.2, 0) is 11.4 Å². The van der Waals surface area contributed by atoms with Crippen LogP contribution in [0.25, 0.3) is 0 Å². The summed E-state index contributed by atoms with van der Waals surface area (Å²) in [7, 11) is 0. The Morgan fingerprint density at radius 2 is 2.10 bits per heavy atom. The van der Waals surface area contributed by atoms with Crippen molar-refractivity contribution in [3.05, 3.63) is 35.4 Å². The third kappa shape index (κ3) is 1.56. The van der Waals surface area contributed by atoms with Gasteiger partial charge in [0.1, 0.15) is 0 Å². The van der Waals surface area contributed by atoms with Gasteiger partial charge in [-0.3, -0.25) is 4.84 Å². The molecule has 0 amide bonds. The molecule has 0 bridgehead atoms. The van der Waals surface area contributed by atoms with E-state index in [1.165, 1.54) is 5.56 Å². The maximum Gasteiger partial charge on any atom is 0.0952 e. The van der Waals surface area contributed by atoms with Crippen molar-refractivity contribution in [3.63, 3.8) is 0 Å². The van der Waals surface area contributed by atoms with Gasteiger partial charge in [0.15, 0.2) is 0 Å². The van der Waals surface area contributed by atoms with Crippen LogP contribution in [0.5, 0.6) is 0 Å². The molecule has 53 valence electrons. The average molecular weight is 136 g/mol. The summed E-state index contributed by atoms with van der Waals surface area (Å²) in [5.41, 5.74) is 2.26. The molecule has 0 spiro atoms. The van der Waals surface area contributed by atoms with Gasteiger partial charge in [-0.25, -0.2) is 0 Å². The second-order valence-electron chi connectivity index (χ2n) is 2.22. The maximum atomic E-state index is 6.54. The van der Waals surface area contributed by atoms with E-state index in [9.17, 15) is 0 Å². The molecule has 10 heavy (non-hydrogen) atoms. The molecule has 0 aliphatic rings. The summed E-state index contributed by atoms with van der Waals surface area (Å²) >= 11 is 0. The molecule has 0 unspecified atom stereocenters. The molecule has 0 saturated heterocycles. The lowest BCUT2D eigenvalue weighted by Crippen LogP contribution is -1.91. The van der Waals surface area contributed by atoms with Gasteiger partial charge in [-0.2, -0.15) is 0 Å². The smallest absolute Gasteiger partial charge is 0.0952 e. The van der Waals surface area contributed by atoms with Crippen LogP contribution < -0.4 is 5.90 Å². The topological polar surface area (TPSA) is 33.0 Å². The van der Waals surface area contributed by atoms with Gasteiger partial charge in [-0.1, -0.05) is 24.3 Å². The molecule has 0 heterocycles. The van der Waals surface area contributed by atoms with Crippen LogP contribution in [0.3, 0.4) is 0 Å². The first kappa shape index (κ1) is 7.25. The molecule has 0 aromatic heterocycles. The van der Waals surface area contributed by atoms with Crippen molar-refractivity contribution in [2.75, 3.05) is 0 Å². The summed E-state index contributed by atoms with van der Waals surface area (Å²) in [5, 5.41) is 0. The van der Waals surface area contributed by atoms with Gasteiger partial charge >= 0.3 is 0 Å². The highest BCUT2D eigenvalue weighted by molar-refractivity contribution is 5.24. The Hall–Kier alpha value is -0.860. The Labute approximate surface area is 60.6 Å². The van der Waals surface area contributed by atoms with Gasteiger partial charge in [0.05, 0.1) is 6.61 Å². The fourth-order valence-corrected chi connectivity index (χ4v) is 0.850. The van der Waals surface area contributed by atoms with E-state index in [1.807, 2.05) is 31.2 Å². The molecule has 0 aliphatic carbocycles. The molecular weight excluding hydrogens is 126 g/mol. The quantitative estimate of drug-likeness (QED) is 0.570. The Morgan fingerprint density at radius 3 is 2.70 bits per heavy atom. The molecule has 1 aromatic carbocycles. The number of rotatable bonds is 2. The van der Waals surface area contributed by atoms with E-state index in [0.717, 1.165) is 5.56 Å². The van der Waals surface area contributed by atoms with Crippen LogP contribution in [0.4, 0.5) is 0 Å². The number of hydrogen-bond donors (Lipinski definition) is 0. The van der Waals surface area contributed by atoms with Crippen molar-refractivity contribution in [1.29, 1.82) is 0 Å². The van der Waals surface area contributed by atoms with Crippen LogP contribution in [0.2, 0.25) is 0 Å². The monoisotopic (exact) mass is 136 g/mol. The molecule has 0 saturated carbocycles. The maximum absolute atomic E-state index is 6.54. The molecule has 2 nitrogen and oxygen atoms in total. The van der Waals surface area contributed by atoms with Gasteiger partial charge in [0.2, 0.25) is 0 Å². The Balaban J connectivity index is 2.81. The third-order valence-electron chi connectivity index (χ3n) is 1.49. The van der Waals surface area contributed by atoms with Crippen molar-refractivity contribution in [2.45, 2.75) is 13.5 Å². The molecule has 0 aliphatic heterocycles. The van der Waals surface area contributed by atoms with Gasteiger partial charge in [0, 0.05) is 0 Å². The predicted octanol–water partition coefficient (Wildman–Crippen LogP) is 1.71. The van der Waals surface area contributed by atoms with Crippen LogP contribution in [-0.4, -0.2) is 0 Å². The Morgan fingerprint density at radius 1 is 1.40 bits per heavy atom. The van der Waals surface area contributed by atoms with Crippen molar-refractivity contribution >= 4 is 0 Å².